The van der Waals surface area contributed by atoms with E-state index in [1.54, 1.807) is 50.4 Å². The fraction of sp³-hybridized carbons (Fsp3) is 0.200. The molecule has 0 aromatic carbocycles. The van der Waals surface area contributed by atoms with Crippen molar-refractivity contribution in [2.75, 3.05) is 5.32 Å². The van der Waals surface area contributed by atoms with E-state index in [2.05, 4.69) is 36.1 Å². The Morgan fingerprint density at radius 3 is 2.72 bits per heavy atom. The van der Waals surface area contributed by atoms with Crippen LogP contribution in [0.3, 0.4) is 0 Å². The molecule has 0 saturated heterocycles. The first-order valence-corrected chi connectivity index (χ1v) is 11.6. The summed E-state index contributed by atoms with van der Waals surface area (Å²) in [7, 11) is 0. The van der Waals surface area contributed by atoms with E-state index in [4.69, 9.17) is 8.94 Å². The Morgan fingerprint density at radius 2 is 1.95 bits per heavy atom. The van der Waals surface area contributed by atoms with Crippen LogP contribution in [0.5, 0.6) is 0 Å². The molecule has 5 aromatic heterocycles. The Morgan fingerprint density at radius 1 is 1.10 bits per heavy atom. The van der Waals surface area contributed by atoms with Crippen LogP contribution in [0.1, 0.15) is 29.8 Å². The number of furan rings is 1. The molecule has 1 atom stereocenters. The zero-order chi connectivity index (χ0) is 27.6. The number of aromatic nitrogens is 6. The van der Waals surface area contributed by atoms with Crippen LogP contribution in [0, 0.1) is 6.92 Å². The smallest absolute Gasteiger partial charge is 0.416 e. The van der Waals surface area contributed by atoms with E-state index in [1.807, 2.05) is 0 Å². The summed E-state index contributed by atoms with van der Waals surface area (Å²) in [6.07, 6.45) is -0.349. The summed E-state index contributed by atoms with van der Waals surface area (Å²) in [6.45, 7) is 3.59. The summed E-state index contributed by atoms with van der Waals surface area (Å²) >= 11 is 0. The number of aryl methyl sites for hydroxylation is 1. The Bertz CT molecular complexity index is 1590. The summed E-state index contributed by atoms with van der Waals surface area (Å²) in [4.78, 5) is 21.1. The first-order valence-electron chi connectivity index (χ1n) is 11.6. The van der Waals surface area contributed by atoms with Crippen LogP contribution < -0.4 is 10.6 Å². The Kier molecular flexibility index (Phi) is 6.83. The van der Waals surface area contributed by atoms with Gasteiger partial charge in [0, 0.05) is 12.3 Å². The van der Waals surface area contributed by atoms with E-state index in [-0.39, 0.29) is 24.1 Å². The number of carbonyl (C=O) groups excluding carboxylic acids is 1. The molecule has 0 bridgehead atoms. The molecule has 39 heavy (non-hydrogen) atoms. The second kappa shape index (κ2) is 10.4. The van der Waals surface area contributed by atoms with E-state index in [0.29, 0.717) is 28.6 Å². The molecule has 11 nitrogen and oxygen atoms in total. The van der Waals surface area contributed by atoms with Crippen LogP contribution in [-0.4, -0.2) is 36.0 Å². The van der Waals surface area contributed by atoms with Gasteiger partial charge in [0.15, 0.2) is 5.76 Å². The van der Waals surface area contributed by atoms with E-state index < -0.39 is 17.8 Å². The quantitative estimate of drug-likeness (QED) is 0.282. The van der Waals surface area contributed by atoms with E-state index in [0.717, 1.165) is 23.9 Å². The van der Waals surface area contributed by atoms with Crippen molar-refractivity contribution in [2.24, 2.45) is 0 Å². The summed E-state index contributed by atoms with van der Waals surface area (Å²) < 4.78 is 51.0. The van der Waals surface area contributed by atoms with Gasteiger partial charge in [-0.2, -0.15) is 13.2 Å². The van der Waals surface area contributed by atoms with Gasteiger partial charge in [-0.3, -0.25) is 4.79 Å². The lowest BCUT2D eigenvalue weighted by atomic mass is 10.2. The van der Waals surface area contributed by atoms with Crippen LogP contribution in [-0.2, 0) is 17.5 Å². The van der Waals surface area contributed by atoms with Gasteiger partial charge in [-0.15, -0.1) is 5.10 Å². The van der Waals surface area contributed by atoms with Gasteiger partial charge in [-0.05, 0) is 55.8 Å². The molecule has 0 aliphatic heterocycles. The highest BCUT2D eigenvalue weighted by molar-refractivity contribution is 5.79. The molecule has 0 saturated carbocycles. The third-order valence-corrected chi connectivity index (χ3v) is 5.63. The Balaban J connectivity index is 1.25. The van der Waals surface area contributed by atoms with Gasteiger partial charge in [0.25, 0.3) is 0 Å². The SMILES string of the molecule is Cc1cc(Nc2cc(C(F)(F)F)ccn2)nc(-c2cn(C(C)C(=O)NCc3cc(-c4ccco4)on3)nn2)c1. The second-order valence-corrected chi connectivity index (χ2v) is 8.60. The molecule has 5 heterocycles. The van der Waals surface area contributed by atoms with Crippen molar-refractivity contribution in [3.8, 4) is 22.9 Å². The summed E-state index contributed by atoms with van der Waals surface area (Å²) in [6, 6.07) is 9.61. The van der Waals surface area contributed by atoms with Gasteiger partial charge < -0.3 is 19.6 Å². The largest absolute Gasteiger partial charge is 0.461 e. The standard InChI is InChI=1S/C25H21F3N8O3/c1-14-8-18(31-23(9-14)32-22-10-16(5-6-29-22)25(26,27)28)19-13-36(35-33-19)15(2)24(37)30-12-17-11-21(39-34-17)20-4-3-7-38-20/h3-11,13,15H,12H2,1-2H3,(H,30,37)(H,29,31,32). The maximum absolute atomic E-state index is 13.0. The normalized spacial score (nSPS) is 12.3. The minimum atomic E-state index is -4.50. The molecule has 2 N–H and O–H groups in total. The zero-order valence-corrected chi connectivity index (χ0v) is 20.6. The van der Waals surface area contributed by atoms with Crippen molar-refractivity contribution in [1.82, 2.24) is 35.4 Å². The van der Waals surface area contributed by atoms with Gasteiger partial charge in [-0.1, -0.05) is 10.4 Å². The van der Waals surface area contributed by atoms with Crippen molar-refractivity contribution < 1.29 is 26.9 Å². The molecule has 0 aliphatic carbocycles. The predicted molar refractivity (Wildman–Crippen MR) is 131 cm³/mol. The maximum atomic E-state index is 13.0. The monoisotopic (exact) mass is 538 g/mol. The highest BCUT2D eigenvalue weighted by Gasteiger charge is 2.30. The number of amides is 1. The number of halogens is 3. The van der Waals surface area contributed by atoms with Gasteiger partial charge in [0.05, 0.1) is 30.3 Å². The van der Waals surface area contributed by atoms with Crippen LogP contribution in [0.4, 0.5) is 24.8 Å². The van der Waals surface area contributed by atoms with Crippen molar-refractivity contribution in [1.29, 1.82) is 0 Å². The molecular weight excluding hydrogens is 517 g/mol. The lowest BCUT2D eigenvalue weighted by Gasteiger charge is -2.11. The summed E-state index contributed by atoms with van der Waals surface area (Å²) in [5.74, 6) is 0.911. The number of nitrogens with one attached hydrogen (secondary N) is 2. The lowest BCUT2D eigenvalue weighted by molar-refractivity contribution is -0.137. The fourth-order valence-corrected chi connectivity index (χ4v) is 3.63. The minimum absolute atomic E-state index is 0.00813. The summed E-state index contributed by atoms with van der Waals surface area (Å²) in [5.41, 5.74) is 1.25. The lowest BCUT2D eigenvalue weighted by Crippen LogP contribution is -2.31. The number of hydrogen-bond acceptors (Lipinski definition) is 9. The molecule has 1 amide bonds. The highest BCUT2D eigenvalue weighted by Crippen LogP contribution is 2.31. The van der Waals surface area contributed by atoms with Crippen LogP contribution in [0.15, 0.2) is 70.1 Å². The van der Waals surface area contributed by atoms with Gasteiger partial charge in [-0.25, -0.2) is 14.6 Å². The van der Waals surface area contributed by atoms with Crippen molar-refractivity contribution in [3.63, 3.8) is 0 Å². The van der Waals surface area contributed by atoms with Gasteiger partial charge >= 0.3 is 6.18 Å². The number of rotatable bonds is 8. The van der Waals surface area contributed by atoms with E-state index in [1.165, 1.54) is 10.9 Å². The van der Waals surface area contributed by atoms with Crippen molar-refractivity contribution in [2.45, 2.75) is 32.6 Å². The number of nitrogens with zero attached hydrogens (tertiary/aromatic N) is 6. The zero-order valence-electron chi connectivity index (χ0n) is 20.6. The Hall–Kier alpha value is -5.01. The molecule has 0 radical (unpaired) electrons. The highest BCUT2D eigenvalue weighted by atomic mass is 19.4. The first-order chi connectivity index (χ1) is 18.7. The van der Waals surface area contributed by atoms with Crippen LogP contribution in [0.2, 0.25) is 0 Å². The second-order valence-electron chi connectivity index (χ2n) is 8.60. The average Bonchev–Trinajstić information content (AvgIpc) is 3.68. The third kappa shape index (κ3) is 5.95. The van der Waals surface area contributed by atoms with E-state index in [9.17, 15) is 18.0 Å². The molecule has 200 valence electrons. The third-order valence-electron chi connectivity index (χ3n) is 5.63. The first kappa shape index (κ1) is 25.6. The maximum Gasteiger partial charge on any atom is 0.416 e. The van der Waals surface area contributed by atoms with Crippen LogP contribution >= 0.6 is 0 Å². The summed E-state index contributed by atoms with van der Waals surface area (Å²) in [5, 5.41) is 17.7. The molecule has 14 heteroatoms. The molecule has 5 aromatic rings. The van der Waals surface area contributed by atoms with Crippen molar-refractivity contribution >= 4 is 17.5 Å². The minimum Gasteiger partial charge on any atom is -0.461 e. The molecular formula is C25H21F3N8O3. The molecule has 0 fully saturated rings. The molecule has 0 aliphatic rings. The number of anilines is 2. The van der Waals surface area contributed by atoms with Crippen LogP contribution in [0.25, 0.3) is 22.9 Å². The number of hydrogen-bond donors (Lipinski definition) is 2. The fourth-order valence-electron chi connectivity index (χ4n) is 3.63. The number of carbonyl (C=O) groups is 1. The number of pyridine rings is 2. The number of alkyl halides is 3. The molecule has 0 spiro atoms. The Labute approximate surface area is 219 Å². The average molecular weight is 538 g/mol. The van der Waals surface area contributed by atoms with Crippen molar-refractivity contribution in [3.05, 3.63) is 77.9 Å². The van der Waals surface area contributed by atoms with Gasteiger partial charge in [0.1, 0.15) is 29.1 Å². The van der Waals surface area contributed by atoms with E-state index >= 15 is 0 Å². The predicted octanol–water partition coefficient (Wildman–Crippen LogP) is 4.93. The molecule has 1 unspecified atom stereocenters. The topological polar surface area (TPSA) is 137 Å². The molecule has 5 rings (SSSR count). The van der Waals surface area contributed by atoms with Gasteiger partial charge in [0.2, 0.25) is 11.7 Å².